The molecule has 1 saturated carbocycles. The van der Waals surface area contributed by atoms with Gasteiger partial charge in [-0.1, -0.05) is 38.5 Å². The molecular formula is C10H19N. The van der Waals surface area contributed by atoms with Crippen LogP contribution in [0.4, 0.5) is 0 Å². The average molecular weight is 153 g/mol. The number of hydrogen-bond donors (Lipinski definition) is 0. The third-order valence-electron chi connectivity index (χ3n) is 2.58. The van der Waals surface area contributed by atoms with Crippen LogP contribution < -0.4 is 0 Å². The van der Waals surface area contributed by atoms with E-state index in [9.17, 15) is 0 Å². The van der Waals surface area contributed by atoms with E-state index in [4.69, 9.17) is 0 Å². The first-order chi connectivity index (χ1) is 5.43. The Balaban J connectivity index is 2.24. The highest BCUT2D eigenvalue weighted by atomic mass is 14.7. The molecule has 64 valence electrons. The average Bonchev–Trinajstić information content (AvgIpc) is 2.16. The molecule has 0 unspecified atom stereocenters. The third kappa shape index (κ3) is 3.54. The van der Waals surface area contributed by atoms with Gasteiger partial charge in [0, 0.05) is 6.04 Å². The van der Waals surface area contributed by atoms with Gasteiger partial charge in [0.25, 0.3) is 0 Å². The van der Waals surface area contributed by atoms with Crippen LogP contribution in [0.25, 0.3) is 0 Å². The van der Waals surface area contributed by atoms with Gasteiger partial charge in [-0.3, -0.25) is 4.99 Å². The zero-order valence-corrected chi connectivity index (χ0v) is 7.39. The normalized spacial score (nSPS) is 23.3. The van der Waals surface area contributed by atoms with Gasteiger partial charge in [-0.25, -0.2) is 0 Å². The molecule has 1 fully saturated rings. The fourth-order valence-corrected chi connectivity index (χ4v) is 1.79. The van der Waals surface area contributed by atoms with Gasteiger partial charge in [-0.05, 0) is 19.6 Å². The van der Waals surface area contributed by atoms with Gasteiger partial charge in [0.2, 0.25) is 0 Å². The van der Waals surface area contributed by atoms with Gasteiger partial charge in [0.15, 0.2) is 0 Å². The lowest BCUT2D eigenvalue weighted by molar-refractivity contribution is 0.538. The number of aliphatic imine (C=N–C) groups is 1. The highest BCUT2D eigenvalue weighted by Crippen LogP contribution is 2.18. The first kappa shape index (κ1) is 8.76. The topological polar surface area (TPSA) is 12.4 Å². The van der Waals surface area contributed by atoms with Crippen LogP contribution in [0.1, 0.15) is 51.4 Å². The summed E-state index contributed by atoms with van der Waals surface area (Å²) in [6, 6.07) is 0.577. The van der Waals surface area contributed by atoms with Gasteiger partial charge in [0.1, 0.15) is 0 Å². The Morgan fingerprint density at radius 1 is 0.818 bits per heavy atom. The summed E-state index contributed by atoms with van der Waals surface area (Å²) in [5.74, 6) is 0. The van der Waals surface area contributed by atoms with E-state index in [0.29, 0.717) is 6.04 Å². The standard InChI is InChI=1S/C10H19N/c1-11-10-8-6-4-2-3-5-7-9-10/h10H,1-9H2. The van der Waals surface area contributed by atoms with Crippen molar-refractivity contribution in [2.75, 3.05) is 0 Å². The first-order valence-corrected chi connectivity index (χ1v) is 4.89. The van der Waals surface area contributed by atoms with Crippen molar-refractivity contribution in [3.63, 3.8) is 0 Å². The lowest BCUT2D eigenvalue weighted by atomic mass is 10.1. The van der Waals surface area contributed by atoms with Crippen LogP contribution in [-0.4, -0.2) is 12.8 Å². The molecule has 0 aliphatic heterocycles. The van der Waals surface area contributed by atoms with E-state index in [1.54, 1.807) is 0 Å². The highest BCUT2D eigenvalue weighted by molar-refractivity contribution is 5.24. The summed E-state index contributed by atoms with van der Waals surface area (Å²) in [6.45, 7) is 3.64. The second-order valence-electron chi connectivity index (χ2n) is 3.54. The predicted molar refractivity (Wildman–Crippen MR) is 50.3 cm³/mol. The van der Waals surface area contributed by atoms with Crippen LogP contribution in [0.5, 0.6) is 0 Å². The smallest absolute Gasteiger partial charge is 0.0492 e. The van der Waals surface area contributed by atoms with Crippen molar-refractivity contribution in [3.05, 3.63) is 0 Å². The molecule has 0 aromatic carbocycles. The van der Waals surface area contributed by atoms with Crippen molar-refractivity contribution in [2.45, 2.75) is 57.4 Å². The first-order valence-electron chi connectivity index (χ1n) is 4.89. The minimum absolute atomic E-state index is 0.577. The Bertz CT molecular complexity index is 99.4. The van der Waals surface area contributed by atoms with Gasteiger partial charge >= 0.3 is 0 Å². The van der Waals surface area contributed by atoms with Crippen LogP contribution in [0.3, 0.4) is 0 Å². The summed E-state index contributed by atoms with van der Waals surface area (Å²) in [6.07, 6.45) is 11.0. The summed E-state index contributed by atoms with van der Waals surface area (Å²) in [7, 11) is 0. The molecule has 0 atom stereocenters. The molecular weight excluding hydrogens is 134 g/mol. The lowest BCUT2D eigenvalue weighted by Crippen LogP contribution is -2.02. The second kappa shape index (κ2) is 5.34. The summed E-state index contributed by atoms with van der Waals surface area (Å²) in [4.78, 5) is 4.14. The van der Waals surface area contributed by atoms with Crippen molar-refractivity contribution < 1.29 is 0 Å². The molecule has 0 amide bonds. The number of hydrogen-bond acceptors (Lipinski definition) is 1. The monoisotopic (exact) mass is 153 g/mol. The molecule has 1 aliphatic carbocycles. The van der Waals surface area contributed by atoms with Gasteiger partial charge in [-0.15, -0.1) is 0 Å². The SMILES string of the molecule is C=NC1CCCCCCCC1. The van der Waals surface area contributed by atoms with E-state index in [2.05, 4.69) is 11.7 Å². The molecule has 0 bridgehead atoms. The molecule has 0 radical (unpaired) electrons. The molecule has 0 aromatic heterocycles. The number of nitrogens with zero attached hydrogens (tertiary/aromatic N) is 1. The van der Waals surface area contributed by atoms with Crippen LogP contribution in [0.2, 0.25) is 0 Å². The number of rotatable bonds is 1. The Morgan fingerprint density at radius 3 is 1.73 bits per heavy atom. The van der Waals surface area contributed by atoms with Gasteiger partial charge in [-0.2, -0.15) is 0 Å². The summed E-state index contributed by atoms with van der Waals surface area (Å²) < 4.78 is 0. The summed E-state index contributed by atoms with van der Waals surface area (Å²) in [5.41, 5.74) is 0. The summed E-state index contributed by atoms with van der Waals surface area (Å²) >= 11 is 0. The molecule has 1 nitrogen and oxygen atoms in total. The molecule has 1 aliphatic rings. The minimum atomic E-state index is 0.577. The molecule has 0 spiro atoms. The molecule has 11 heavy (non-hydrogen) atoms. The van der Waals surface area contributed by atoms with Gasteiger partial charge < -0.3 is 0 Å². The molecule has 0 heterocycles. The second-order valence-corrected chi connectivity index (χ2v) is 3.54. The molecule has 1 rings (SSSR count). The maximum atomic E-state index is 4.14. The van der Waals surface area contributed by atoms with E-state index < -0.39 is 0 Å². The zero-order valence-electron chi connectivity index (χ0n) is 7.39. The molecule has 0 N–H and O–H groups in total. The summed E-state index contributed by atoms with van der Waals surface area (Å²) in [5, 5.41) is 0. The van der Waals surface area contributed by atoms with E-state index in [-0.39, 0.29) is 0 Å². The van der Waals surface area contributed by atoms with Crippen molar-refractivity contribution in [1.29, 1.82) is 0 Å². The van der Waals surface area contributed by atoms with E-state index in [1.165, 1.54) is 51.4 Å². The Morgan fingerprint density at radius 2 is 1.27 bits per heavy atom. The maximum absolute atomic E-state index is 4.14. The fraction of sp³-hybridized carbons (Fsp3) is 0.900. The predicted octanol–water partition coefficient (Wildman–Crippen LogP) is 3.19. The molecule has 0 aromatic rings. The van der Waals surface area contributed by atoms with Crippen LogP contribution in [0.15, 0.2) is 4.99 Å². The van der Waals surface area contributed by atoms with Crippen molar-refractivity contribution in [1.82, 2.24) is 0 Å². The molecule has 1 heteroatoms. The van der Waals surface area contributed by atoms with Crippen molar-refractivity contribution in [2.24, 2.45) is 4.99 Å². The van der Waals surface area contributed by atoms with Gasteiger partial charge in [0.05, 0.1) is 0 Å². The Hall–Kier alpha value is -0.330. The van der Waals surface area contributed by atoms with E-state index >= 15 is 0 Å². The lowest BCUT2D eigenvalue weighted by Gasteiger charge is -2.08. The Kier molecular flexibility index (Phi) is 4.25. The van der Waals surface area contributed by atoms with Crippen LogP contribution >= 0.6 is 0 Å². The largest absolute Gasteiger partial charge is 0.298 e. The van der Waals surface area contributed by atoms with Crippen molar-refractivity contribution >= 4 is 6.72 Å². The zero-order chi connectivity index (χ0) is 7.94. The highest BCUT2D eigenvalue weighted by Gasteiger charge is 2.06. The Labute approximate surface area is 69.9 Å². The van der Waals surface area contributed by atoms with E-state index in [1.807, 2.05) is 0 Å². The molecule has 0 saturated heterocycles. The van der Waals surface area contributed by atoms with Crippen molar-refractivity contribution in [3.8, 4) is 0 Å². The minimum Gasteiger partial charge on any atom is -0.298 e. The maximum Gasteiger partial charge on any atom is 0.0492 e. The fourth-order valence-electron chi connectivity index (χ4n) is 1.79. The van der Waals surface area contributed by atoms with E-state index in [0.717, 1.165) is 0 Å². The quantitative estimate of drug-likeness (QED) is 0.513. The third-order valence-corrected chi connectivity index (χ3v) is 2.58. The van der Waals surface area contributed by atoms with Crippen LogP contribution in [0, 0.1) is 0 Å². The van der Waals surface area contributed by atoms with Crippen LogP contribution in [-0.2, 0) is 0 Å².